The minimum atomic E-state index is -0.348. The maximum absolute atomic E-state index is 13.5. The predicted octanol–water partition coefficient (Wildman–Crippen LogP) is 5.65. The van der Waals surface area contributed by atoms with Gasteiger partial charge in [0.1, 0.15) is 0 Å². The number of ether oxygens (including phenoxy) is 4. The highest BCUT2D eigenvalue weighted by Crippen LogP contribution is 2.48. The standard InChI is InChI=1S/C27H26BrN3O5/c1-33-21-10-5-15(12-22(21)34-2)26-20-11-16-13-23(35-3)24(36-4)14-19(16)25(20)30-31(26)27(32)29-18-8-6-17(28)7-9-18/h5-10,12-14,20,26H,11H2,1-4H3,(H,29,32). The molecule has 0 spiro atoms. The first-order chi connectivity index (χ1) is 17.5. The van der Waals surface area contributed by atoms with Gasteiger partial charge in [-0.15, -0.1) is 0 Å². The Morgan fingerprint density at radius 3 is 2.19 bits per heavy atom. The Balaban J connectivity index is 1.57. The van der Waals surface area contributed by atoms with E-state index in [1.165, 1.54) is 5.01 Å². The lowest BCUT2D eigenvalue weighted by Gasteiger charge is -2.27. The minimum absolute atomic E-state index is 0.0504. The number of halogens is 1. The summed E-state index contributed by atoms with van der Waals surface area (Å²) >= 11 is 3.43. The molecular formula is C27H26BrN3O5. The van der Waals surface area contributed by atoms with Crippen LogP contribution in [0.2, 0.25) is 0 Å². The second-order valence-corrected chi connectivity index (χ2v) is 9.42. The Morgan fingerprint density at radius 2 is 1.53 bits per heavy atom. The molecule has 1 heterocycles. The zero-order valence-electron chi connectivity index (χ0n) is 20.4. The van der Waals surface area contributed by atoms with Crippen molar-refractivity contribution in [3.8, 4) is 23.0 Å². The highest BCUT2D eigenvalue weighted by molar-refractivity contribution is 9.10. The van der Waals surface area contributed by atoms with Gasteiger partial charge in [0, 0.05) is 21.6 Å². The van der Waals surface area contributed by atoms with E-state index in [2.05, 4.69) is 21.2 Å². The molecule has 36 heavy (non-hydrogen) atoms. The average Bonchev–Trinajstić information content (AvgIpc) is 3.44. The van der Waals surface area contributed by atoms with Gasteiger partial charge in [-0.3, -0.25) is 0 Å². The first-order valence-electron chi connectivity index (χ1n) is 11.4. The number of fused-ring (bicyclic) bond motifs is 3. The molecule has 2 amide bonds. The molecule has 0 bridgehead atoms. The van der Waals surface area contributed by atoms with Crippen molar-refractivity contribution in [3.05, 3.63) is 75.8 Å². The minimum Gasteiger partial charge on any atom is -0.493 e. The van der Waals surface area contributed by atoms with Crippen molar-refractivity contribution in [3.63, 3.8) is 0 Å². The lowest BCUT2D eigenvalue weighted by atomic mass is 9.90. The Labute approximate surface area is 217 Å². The molecule has 5 rings (SSSR count). The van der Waals surface area contributed by atoms with Crippen molar-refractivity contribution in [1.82, 2.24) is 5.01 Å². The summed E-state index contributed by atoms with van der Waals surface area (Å²) in [6, 6.07) is 16.4. The lowest BCUT2D eigenvalue weighted by Crippen LogP contribution is -2.34. The SMILES string of the molecule is COc1ccc(C2C3Cc4cc(OC)c(OC)cc4C3=NN2C(=O)Nc2ccc(Br)cc2)cc1OC. The molecule has 1 N–H and O–H groups in total. The van der Waals surface area contributed by atoms with Gasteiger partial charge in [-0.1, -0.05) is 22.0 Å². The summed E-state index contributed by atoms with van der Waals surface area (Å²) in [5, 5.41) is 9.36. The number of hydrogen-bond acceptors (Lipinski definition) is 6. The van der Waals surface area contributed by atoms with Crippen LogP contribution < -0.4 is 24.3 Å². The van der Waals surface area contributed by atoms with E-state index in [0.717, 1.165) is 26.9 Å². The fraction of sp³-hybridized carbons (Fsp3) is 0.259. The normalized spacial score (nSPS) is 17.7. The van der Waals surface area contributed by atoms with Crippen molar-refractivity contribution in [2.24, 2.45) is 11.0 Å². The maximum Gasteiger partial charge on any atom is 0.342 e. The number of carbonyl (C=O) groups is 1. The third-order valence-corrected chi connectivity index (χ3v) is 7.12. The van der Waals surface area contributed by atoms with Crippen molar-refractivity contribution < 1.29 is 23.7 Å². The number of urea groups is 1. The van der Waals surface area contributed by atoms with E-state index >= 15 is 0 Å². The Kier molecular flexibility index (Phi) is 6.49. The molecule has 186 valence electrons. The molecule has 0 fully saturated rings. The molecule has 2 atom stereocenters. The quantitative estimate of drug-likeness (QED) is 0.428. The molecule has 1 aliphatic heterocycles. The van der Waals surface area contributed by atoms with Crippen LogP contribution in [0.1, 0.15) is 22.7 Å². The van der Waals surface area contributed by atoms with E-state index in [0.29, 0.717) is 35.1 Å². The lowest BCUT2D eigenvalue weighted by molar-refractivity contribution is 0.189. The van der Waals surface area contributed by atoms with Crippen LogP contribution in [0, 0.1) is 5.92 Å². The Morgan fingerprint density at radius 1 is 0.889 bits per heavy atom. The highest BCUT2D eigenvalue weighted by Gasteiger charge is 2.46. The molecule has 0 radical (unpaired) electrons. The van der Waals surface area contributed by atoms with E-state index in [4.69, 9.17) is 24.0 Å². The van der Waals surface area contributed by atoms with Crippen LogP contribution in [0.25, 0.3) is 0 Å². The van der Waals surface area contributed by atoms with E-state index in [-0.39, 0.29) is 18.0 Å². The molecule has 0 saturated carbocycles. The molecule has 0 saturated heterocycles. The number of nitrogens with one attached hydrogen (secondary N) is 1. The van der Waals surface area contributed by atoms with Crippen LogP contribution in [-0.2, 0) is 6.42 Å². The van der Waals surface area contributed by atoms with Gasteiger partial charge < -0.3 is 24.3 Å². The number of nitrogens with zero attached hydrogens (tertiary/aromatic N) is 2. The Bertz CT molecular complexity index is 1340. The monoisotopic (exact) mass is 551 g/mol. The van der Waals surface area contributed by atoms with Crippen LogP contribution in [-0.4, -0.2) is 45.2 Å². The van der Waals surface area contributed by atoms with Crippen molar-refractivity contribution in [1.29, 1.82) is 0 Å². The van der Waals surface area contributed by atoms with E-state index in [1.807, 2.05) is 54.6 Å². The van der Waals surface area contributed by atoms with E-state index in [1.54, 1.807) is 28.4 Å². The van der Waals surface area contributed by atoms with Gasteiger partial charge in [0.05, 0.1) is 40.2 Å². The summed E-state index contributed by atoms with van der Waals surface area (Å²) < 4.78 is 23.0. The third kappa shape index (κ3) is 4.13. The van der Waals surface area contributed by atoms with Crippen molar-refractivity contribution >= 4 is 33.4 Å². The summed E-state index contributed by atoms with van der Waals surface area (Å²) in [6.07, 6.45) is 0.704. The molecule has 3 aromatic carbocycles. The molecule has 0 aromatic heterocycles. The second kappa shape index (κ2) is 9.73. The summed E-state index contributed by atoms with van der Waals surface area (Å²) in [5.74, 6) is 2.46. The van der Waals surface area contributed by atoms with Crippen LogP contribution in [0.15, 0.2) is 64.2 Å². The molecule has 9 heteroatoms. The van der Waals surface area contributed by atoms with Gasteiger partial charge in [-0.2, -0.15) is 5.10 Å². The van der Waals surface area contributed by atoms with Crippen LogP contribution in [0.5, 0.6) is 23.0 Å². The number of amides is 2. The van der Waals surface area contributed by atoms with E-state index < -0.39 is 0 Å². The molecule has 2 aliphatic rings. The van der Waals surface area contributed by atoms with Gasteiger partial charge in [-0.25, -0.2) is 9.80 Å². The van der Waals surface area contributed by atoms with E-state index in [9.17, 15) is 4.79 Å². The second-order valence-electron chi connectivity index (χ2n) is 8.50. The maximum atomic E-state index is 13.5. The predicted molar refractivity (Wildman–Crippen MR) is 141 cm³/mol. The number of rotatable bonds is 6. The fourth-order valence-corrected chi connectivity index (χ4v) is 5.16. The summed E-state index contributed by atoms with van der Waals surface area (Å²) in [5.41, 5.74) is 4.49. The zero-order valence-corrected chi connectivity index (χ0v) is 22.0. The smallest absolute Gasteiger partial charge is 0.342 e. The third-order valence-electron chi connectivity index (χ3n) is 6.59. The molecular weight excluding hydrogens is 526 g/mol. The Hall–Kier alpha value is -3.72. The van der Waals surface area contributed by atoms with Gasteiger partial charge >= 0.3 is 6.03 Å². The van der Waals surface area contributed by atoms with Crippen LogP contribution >= 0.6 is 15.9 Å². The largest absolute Gasteiger partial charge is 0.493 e. The van der Waals surface area contributed by atoms with Crippen LogP contribution in [0.4, 0.5) is 10.5 Å². The van der Waals surface area contributed by atoms with Gasteiger partial charge in [0.2, 0.25) is 0 Å². The number of benzene rings is 3. The topological polar surface area (TPSA) is 81.6 Å². The molecule has 2 unspecified atom stereocenters. The number of carbonyl (C=O) groups excluding carboxylic acids is 1. The van der Waals surface area contributed by atoms with Gasteiger partial charge in [0.25, 0.3) is 0 Å². The summed E-state index contributed by atoms with van der Waals surface area (Å²) in [4.78, 5) is 13.5. The average molecular weight is 552 g/mol. The first-order valence-corrected chi connectivity index (χ1v) is 12.2. The number of methoxy groups -OCH3 is 4. The van der Waals surface area contributed by atoms with Crippen LogP contribution in [0.3, 0.4) is 0 Å². The number of hydrazone groups is 1. The number of anilines is 1. The number of hydrogen-bond donors (Lipinski definition) is 1. The highest BCUT2D eigenvalue weighted by atomic mass is 79.9. The zero-order chi connectivity index (χ0) is 25.4. The summed E-state index contributed by atoms with van der Waals surface area (Å²) in [6.45, 7) is 0. The van der Waals surface area contributed by atoms with Gasteiger partial charge in [-0.05, 0) is 66.1 Å². The van der Waals surface area contributed by atoms with Gasteiger partial charge in [0.15, 0.2) is 23.0 Å². The fourth-order valence-electron chi connectivity index (χ4n) is 4.90. The molecule has 1 aliphatic carbocycles. The first kappa shape index (κ1) is 24.0. The molecule has 8 nitrogen and oxygen atoms in total. The molecule has 3 aromatic rings. The summed E-state index contributed by atoms with van der Waals surface area (Å²) in [7, 11) is 6.43. The van der Waals surface area contributed by atoms with Crippen molar-refractivity contribution in [2.45, 2.75) is 12.5 Å². The van der Waals surface area contributed by atoms with Crippen molar-refractivity contribution in [2.75, 3.05) is 33.8 Å².